The topological polar surface area (TPSA) is 33.3 Å². The molecule has 3 nitrogen and oxygen atoms in total. The minimum Gasteiger partial charge on any atom is -0.314 e. The monoisotopic (exact) mass is 260 g/mol. The molecule has 0 spiro atoms. The highest BCUT2D eigenvalue weighted by atomic mass is 16.6. The Bertz CT molecular complexity index is 376. The predicted molar refractivity (Wildman–Crippen MR) is 76.5 cm³/mol. The summed E-state index contributed by atoms with van der Waals surface area (Å²) in [6, 6.07) is 11.6. The highest BCUT2D eigenvalue weighted by molar-refractivity contribution is 5.13. The second-order valence-corrected chi connectivity index (χ2v) is 5.80. The van der Waals surface area contributed by atoms with Crippen LogP contribution >= 0.6 is 0 Å². The molecule has 0 amide bonds. The number of nitrogens with one attached hydrogen (secondary N) is 2. The van der Waals surface area contributed by atoms with E-state index in [1.807, 2.05) is 6.07 Å². The highest BCUT2D eigenvalue weighted by Crippen LogP contribution is 2.31. The molecular formula is C16H24N2O. The Hall–Kier alpha value is -0.900. The summed E-state index contributed by atoms with van der Waals surface area (Å²) in [6.45, 7) is 1.85. The summed E-state index contributed by atoms with van der Waals surface area (Å²) in [6.07, 6.45) is 6.58. The van der Waals surface area contributed by atoms with E-state index in [9.17, 15) is 0 Å². The van der Waals surface area contributed by atoms with Gasteiger partial charge in [-0.15, -0.1) is 0 Å². The van der Waals surface area contributed by atoms with Gasteiger partial charge in [-0.25, -0.2) is 0 Å². The average Bonchev–Trinajstić information content (AvgIpc) is 3.10. The van der Waals surface area contributed by atoms with Crippen LogP contribution in [0.15, 0.2) is 30.3 Å². The zero-order valence-electron chi connectivity index (χ0n) is 11.5. The molecule has 1 saturated carbocycles. The number of hydroxylamine groups is 1. The molecule has 3 rings (SSSR count). The summed E-state index contributed by atoms with van der Waals surface area (Å²) in [5.41, 5.74) is 4.54. The first-order valence-corrected chi connectivity index (χ1v) is 7.58. The van der Waals surface area contributed by atoms with Crippen LogP contribution in [-0.4, -0.2) is 18.6 Å². The summed E-state index contributed by atoms with van der Waals surface area (Å²) < 4.78 is 0. The van der Waals surface area contributed by atoms with E-state index in [2.05, 4.69) is 35.1 Å². The lowest BCUT2D eigenvalue weighted by Crippen LogP contribution is -2.42. The van der Waals surface area contributed by atoms with Crippen LogP contribution in [0, 0.1) is 5.92 Å². The Labute approximate surface area is 115 Å². The highest BCUT2D eigenvalue weighted by Gasteiger charge is 2.34. The molecule has 3 unspecified atom stereocenters. The van der Waals surface area contributed by atoms with Crippen LogP contribution in [0.4, 0.5) is 0 Å². The van der Waals surface area contributed by atoms with Gasteiger partial charge in [-0.1, -0.05) is 36.8 Å². The average molecular weight is 260 g/mol. The molecule has 1 saturated heterocycles. The van der Waals surface area contributed by atoms with Crippen LogP contribution in [-0.2, 0) is 11.4 Å². The molecule has 1 aromatic rings. The van der Waals surface area contributed by atoms with Gasteiger partial charge in [0.25, 0.3) is 0 Å². The Kier molecular flexibility index (Phi) is 4.49. The third-order valence-electron chi connectivity index (χ3n) is 4.50. The molecule has 1 heterocycles. The normalized spacial score (nSPS) is 30.8. The molecule has 19 heavy (non-hydrogen) atoms. The Morgan fingerprint density at radius 1 is 1.11 bits per heavy atom. The fourth-order valence-electron chi connectivity index (χ4n) is 3.50. The molecule has 0 aromatic heterocycles. The van der Waals surface area contributed by atoms with Gasteiger partial charge in [-0.05, 0) is 43.7 Å². The van der Waals surface area contributed by atoms with Crippen LogP contribution < -0.4 is 10.8 Å². The molecule has 1 aromatic carbocycles. The van der Waals surface area contributed by atoms with Crippen molar-refractivity contribution in [2.24, 2.45) is 5.92 Å². The van der Waals surface area contributed by atoms with Crippen LogP contribution in [0.2, 0.25) is 0 Å². The minimum absolute atomic E-state index is 0.527. The largest absolute Gasteiger partial charge is 0.314 e. The van der Waals surface area contributed by atoms with Crippen molar-refractivity contribution in [3.05, 3.63) is 35.9 Å². The summed E-state index contributed by atoms with van der Waals surface area (Å²) in [5.74, 6) is 0.748. The molecular weight excluding hydrogens is 236 g/mol. The standard InChI is InChI=1S/C16H24N2O/c1-2-6-13(7-3-1)12-19-18-16-9-4-8-14(16)15-10-5-11-17-15/h1-3,6-7,14-18H,4-5,8-12H2. The third kappa shape index (κ3) is 3.35. The molecule has 0 radical (unpaired) electrons. The summed E-state index contributed by atoms with van der Waals surface area (Å²) in [7, 11) is 0. The van der Waals surface area contributed by atoms with Gasteiger partial charge < -0.3 is 5.32 Å². The zero-order valence-corrected chi connectivity index (χ0v) is 11.5. The number of rotatable bonds is 5. The number of hydrogen-bond donors (Lipinski definition) is 2. The Morgan fingerprint density at radius 3 is 2.79 bits per heavy atom. The molecule has 1 aliphatic heterocycles. The molecule has 3 atom stereocenters. The summed E-state index contributed by atoms with van der Waals surface area (Å²) in [5, 5.41) is 3.64. The fraction of sp³-hybridized carbons (Fsp3) is 0.625. The van der Waals surface area contributed by atoms with Gasteiger partial charge in [0.15, 0.2) is 0 Å². The summed E-state index contributed by atoms with van der Waals surface area (Å²) >= 11 is 0. The van der Waals surface area contributed by atoms with Crippen LogP contribution in [0.1, 0.15) is 37.7 Å². The third-order valence-corrected chi connectivity index (χ3v) is 4.50. The lowest BCUT2D eigenvalue weighted by Gasteiger charge is -2.26. The van der Waals surface area contributed by atoms with Crippen LogP contribution in [0.25, 0.3) is 0 Å². The van der Waals surface area contributed by atoms with E-state index < -0.39 is 0 Å². The zero-order chi connectivity index (χ0) is 12.9. The van der Waals surface area contributed by atoms with Crippen molar-refractivity contribution in [2.75, 3.05) is 6.54 Å². The van der Waals surface area contributed by atoms with Crippen LogP contribution in [0.3, 0.4) is 0 Å². The van der Waals surface area contributed by atoms with Crippen molar-refractivity contribution in [3.63, 3.8) is 0 Å². The van der Waals surface area contributed by atoms with E-state index in [4.69, 9.17) is 4.84 Å². The number of benzene rings is 1. The Morgan fingerprint density at radius 2 is 2.00 bits per heavy atom. The van der Waals surface area contributed by atoms with Crippen molar-refractivity contribution < 1.29 is 4.84 Å². The fourth-order valence-corrected chi connectivity index (χ4v) is 3.50. The first-order chi connectivity index (χ1) is 9.43. The van der Waals surface area contributed by atoms with Crippen molar-refractivity contribution in [2.45, 2.75) is 50.8 Å². The van der Waals surface area contributed by atoms with Gasteiger partial charge >= 0.3 is 0 Å². The smallest absolute Gasteiger partial charge is 0.0933 e. The molecule has 2 N–H and O–H groups in total. The SMILES string of the molecule is c1ccc(CONC2CCCC2C2CCCN2)cc1. The quantitative estimate of drug-likeness (QED) is 0.799. The number of hydrogen-bond acceptors (Lipinski definition) is 3. The second kappa shape index (κ2) is 6.51. The predicted octanol–water partition coefficient (Wildman–Crippen LogP) is 2.63. The van der Waals surface area contributed by atoms with Gasteiger partial charge in [0.2, 0.25) is 0 Å². The van der Waals surface area contributed by atoms with E-state index >= 15 is 0 Å². The van der Waals surface area contributed by atoms with Gasteiger partial charge in [-0.2, -0.15) is 5.48 Å². The van der Waals surface area contributed by atoms with Gasteiger partial charge in [-0.3, -0.25) is 4.84 Å². The van der Waals surface area contributed by atoms with Crippen LogP contribution in [0.5, 0.6) is 0 Å². The van der Waals surface area contributed by atoms with Crippen molar-refractivity contribution in [1.82, 2.24) is 10.8 Å². The maximum absolute atomic E-state index is 5.72. The van der Waals surface area contributed by atoms with E-state index in [0.717, 1.165) is 5.92 Å². The molecule has 3 heteroatoms. The second-order valence-electron chi connectivity index (χ2n) is 5.80. The van der Waals surface area contributed by atoms with E-state index in [1.165, 1.54) is 44.2 Å². The molecule has 2 aliphatic rings. The van der Waals surface area contributed by atoms with E-state index in [0.29, 0.717) is 18.7 Å². The van der Waals surface area contributed by atoms with Gasteiger partial charge in [0.1, 0.15) is 0 Å². The van der Waals surface area contributed by atoms with Gasteiger partial charge in [0.05, 0.1) is 6.61 Å². The molecule has 104 valence electrons. The lowest BCUT2D eigenvalue weighted by atomic mass is 9.94. The molecule has 0 bridgehead atoms. The first kappa shape index (κ1) is 13.1. The van der Waals surface area contributed by atoms with E-state index in [-0.39, 0.29) is 0 Å². The maximum atomic E-state index is 5.72. The van der Waals surface area contributed by atoms with E-state index in [1.54, 1.807) is 0 Å². The Balaban J connectivity index is 1.46. The van der Waals surface area contributed by atoms with Gasteiger partial charge in [0, 0.05) is 12.1 Å². The lowest BCUT2D eigenvalue weighted by molar-refractivity contribution is -0.00817. The van der Waals surface area contributed by atoms with Crippen molar-refractivity contribution in [1.29, 1.82) is 0 Å². The first-order valence-electron chi connectivity index (χ1n) is 7.58. The summed E-state index contributed by atoms with van der Waals surface area (Å²) in [4.78, 5) is 5.72. The van der Waals surface area contributed by atoms with Crippen molar-refractivity contribution in [3.8, 4) is 0 Å². The molecule has 2 fully saturated rings. The maximum Gasteiger partial charge on any atom is 0.0933 e. The van der Waals surface area contributed by atoms with Crippen molar-refractivity contribution >= 4 is 0 Å². The molecule has 1 aliphatic carbocycles. The minimum atomic E-state index is 0.527.